The highest BCUT2D eigenvalue weighted by Crippen LogP contribution is 2.07. The monoisotopic (exact) mass is 265 g/mol. The van der Waals surface area contributed by atoms with E-state index in [2.05, 4.69) is 25.6 Å². The first-order valence-corrected chi connectivity index (χ1v) is 5.43. The fraction of sp³-hybridized carbons (Fsp3) is 0.333. The van der Waals surface area contributed by atoms with Gasteiger partial charge < -0.3 is 5.32 Å². The summed E-state index contributed by atoms with van der Waals surface area (Å²) in [6.07, 6.45) is 4.23. The number of hydrogen-bond acceptors (Lipinski definition) is 6. The number of carbonyl (C=O) groups excluding carboxylic acids is 1. The number of amides is 1. The molecule has 0 aliphatic rings. The third kappa shape index (κ3) is 3.59. The van der Waals surface area contributed by atoms with Gasteiger partial charge in [0.05, 0.1) is 4.92 Å². The van der Waals surface area contributed by atoms with Crippen LogP contribution < -0.4 is 5.32 Å². The summed E-state index contributed by atoms with van der Waals surface area (Å²) in [6.45, 7) is 0.335. The Hall–Kier alpha value is -2.78. The van der Waals surface area contributed by atoms with Crippen LogP contribution >= 0.6 is 0 Å². The Morgan fingerprint density at radius 2 is 2.42 bits per heavy atom. The van der Waals surface area contributed by atoms with E-state index in [1.165, 1.54) is 17.2 Å². The maximum Gasteiger partial charge on any atom is 0.307 e. The molecular weight excluding hydrogens is 254 g/mol. The summed E-state index contributed by atoms with van der Waals surface area (Å²) in [4.78, 5) is 25.3. The molecule has 0 spiro atoms. The summed E-state index contributed by atoms with van der Waals surface area (Å²) in [5.74, 6) is 0.396. The van der Waals surface area contributed by atoms with Crippen molar-refractivity contribution in [3.8, 4) is 0 Å². The number of carbonyl (C=O) groups is 1. The highest BCUT2D eigenvalue weighted by atomic mass is 16.6. The molecule has 0 fully saturated rings. The Balaban J connectivity index is 1.75. The molecule has 2 aromatic heterocycles. The third-order valence-corrected chi connectivity index (χ3v) is 2.28. The van der Waals surface area contributed by atoms with Crippen LogP contribution in [0.25, 0.3) is 0 Å². The standard InChI is InChI=1S/C9H11N7O3/c17-9(10-2-1-8-11-6-12-14-8)5-15-4-7(3-13-15)16(18)19/h3-4,6H,1-2,5H2,(H,10,17)(H,11,12,14). The third-order valence-electron chi connectivity index (χ3n) is 2.28. The average molecular weight is 265 g/mol. The lowest BCUT2D eigenvalue weighted by Gasteiger charge is -2.03. The van der Waals surface area contributed by atoms with Gasteiger partial charge in [-0.1, -0.05) is 0 Å². The molecule has 0 saturated heterocycles. The maximum atomic E-state index is 11.5. The van der Waals surface area contributed by atoms with Gasteiger partial charge in [-0.2, -0.15) is 10.2 Å². The second-order valence-corrected chi connectivity index (χ2v) is 3.69. The lowest BCUT2D eigenvalue weighted by Crippen LogP contribution is -2.29. The number of H-pyrrole nitrogens is 1. The number of nitrogens with one attached hydrogen (secondary N) is 2. The van der Waals surface area contributed by atoms with E-state index in [-0.39, 0.29) is 18.1 Å². The summed E-state index contributed by atoms with van der Waals surface area (Å²) in [5, 5.41) is 23.2. The number of nitrogens with zero attached hydrogens (tertiary/aromatic N) is 5. The first-order valence-electron chi connectivity index (χ1n) is 5.43. The van der Waals surface area contributed by atoms with Crippen molar-refractivity contribution in [1.29, 1.82) is 0 Å². The molecule has 2 N–H and O–H groups in total. The Morgan fingerprint density at radius 3 is 3.05 bits per heavy atom. The normalized spacial score (nSPS) is 10.3. The molecule has 0 aliphatic heterocycles. The van der Waals surface area contributed by atoms with Gasteiger partial charge in [-0.15, -0.1) is 0 Å². The molecule has 0 aliphatic carbocycles. The summed E-state index contributed by atoms with van der Waals surface area (Å²) in [5.41, 5.74) is -0.144. The van der Waals surface area contributed by atoms with Gasteiger partial charge >= 0.3 is 5.69 Å². The highest BCUT2D eigenvalue weighted by Gasteiger charge is 2.10. The lowest BCUT2D eigenvalue weighted by molar-refractivity contribution is -0.385. The predicted molar refractivity (Wildman–Crippen MR) is 62.0 cm³/mol. The van der Waals surface area contributed by atoms with E-state index < -0.39 is 4.92 Å². The molecule has 0 atom stereocenters. The molecule has 1 amide bonds. The number of rotatable bonds is 6. The molecule has 0 unspecified atom stereocenters. The fourth-order valence-electron chi connectivity index (χ4n) is 1.41. The fourth-order valence-corrected chi connectivity index (χ4v) is 1.41. The van der Waals surface area contributed by atoms with Crippen LogP contribution in [0, 0.1) is 10.1 Å². The van der Waals surface area contributed by atoms with E-state index in [1.807, 2.05) is 0 Å². The molecule has 10 heteroatoms. The first kappa shape index (κ1) is 12.7. The van der Waals surface area contributed by atoms with Crippen molar-refractivity contribution in [1.82, 2.24) is 30.3 Å². The molecule has 2 aromatic rings. The predicted octanol–water partition coefficient (Wildman–Crippen LogP) is -0.732. The number of aromatic nitrogens is 5. The largest absolute Gasteiger partial charge is 0.354 e. The maximum absolute atomic E-state index is 11.5. The van der Waals surface area contributed by atoms with Crippen molar-refractivity contribution in [3.05, 3.63) is 34.7 Å². The van der Waals surface area contributed by atoms with Crippen LogP contribution in [0.4, 0.5) is 5.69 Å². The van der Waals surface area contributed by atoms with Crippen LogP contribution in [-0.2, 0) is 17.8 Å². The number of nitro groups is 1. The van der Waals surface area contributed by atoms with Gasteiger partial charge in [0.2, 0.25) is 5.91 Å². The first-order chi connectivity index (χ1) is 9.15. The summed E-state index contributed by atoms with van der Waals surface area (Å²) >= 11 is 0. The van der Waals surface area contributed by atoms with Gasteiger partial charge in [-0.25, -0.2) is 4.98 Å². The van der Waals surface area contributed by atoms with Crippen molar-refractivity contribution in [3.63, 3.8) is 0 Å². The zero-order valence-corrected chi connectivity index (χ0v) is 9.81. The van der Waals surface area contributed by atoms with Crippen LogP contribution in [0.5, 0.6) is 0 Å². The second kappa shape index (κ2) is 5.71. The van der Waals surface area contributed by atoms with Gasteiger partial charge in [0.25, 0.3) is 0 Å². The van der Waals surface area contributed by atoms with E-state index >= 15 is 0 Å². The molecule has 0 aromatic carbocycles. The molecule has 19 heavy (non-hydrogen) atoms. The highest BCUT2D eigenvalue weighted by molar-refractivity contribution is 5.75. The minimum Gasteiger partial charge on any atom is -0.354 e. The van der Waals surface area contributed by atoms with Crippen LogP contribution in [0.15, 0.2) is 18.7 Å². The number of aromatic amines is 1. The SMILES string of the molecule is O=C(Cn1cc([N+](=O)[O-])cn1)NCCc1ncn[nH]1. The molecule has 10 nitrogen and oxygen atoms in total. The van der Waals surface area contributed by atoms with Crippen LogP contribution in [0.2, 0.25) is 0 Å². The molecule has 2 heterocycles. The molecule has 0 bridgehead atoms. The van der Waals surface area contributed by atoms with Crippen molar-refractivity contribution >= 4 is 11.6 Å². The zero-order chi connectivity index (χ0) is 13.7. The molecule has 2 rings (SSSR count). The van der Waals surface area contributed by atoms with E-state index in [0.29, 0.717) is 18.8 Å². The van der Waals surface area contributed by atoms with E-state index in [1.54, 1.807) is 0 Å². The van der Waals surface area contributed by atoms with Gasteiger partial charge in [0.1, 0.15) is 31.1 Å². The smallest absolute Gasteiger partial charge is 0.307 e. The second-order valence-electron chi connectivity index (χ2n) is 3.69. The topological polar surface area (TPSA) is 132 Å². The minimum atomic E-state index is -0.564. The van der Waals surface area contributed by atoms with Gasteiger partial charge in [0.15, 0.2) is 0 Å². The Bertz CT molecular complexity index is 562. The quantitative estimate of drug-likeness (QED) is 0.522. The van der Waals surface area contributed by atoms with Gasteiger partial charge in [-0.3, -0.25) is 24.7 Å². The van der Waals surface area contributed by atoms with Crippen molar-refractivity contribution in [2.75, 3.05) is 6.54 Å². The summed E-state index contributed by atoms with van der Waals surface area (Å²) in [6, 6.07) is 0. The number of hydrogen-bond donors (Lipinski definition) is 2. The summed E-state index contributed by atoms with van der Waals surface area (Å²) < 4.78 is 1.21. The van der Waals surface area contributed by atoms with Crippen molar-refractivity contribution in [2.24, 2.45) is 0 Å². The van der Waals surface area contributed by atoms with E-state index in [0.717, 1.165) is 6.20 Å². The van der Waals surface area contributed by atoms with Gasteiger partial charge in [0, 0.05) is 13.0 Å². The van der Waals surface area contributed by atoms with Crippen LogP contribution in [0.1, 0.15) is 5.82 Å². The average Bonchev–Trinajstić information content (AvgIpc) is 3.00. The lowest BCUT2D eigenvalue weighted by atomic mass is 10.4. The van der Waals surface area contributed by atoms with E-state index in [4.69, 9.17) is 0 Å². The van der Waals surface area contributed by atoms with Crippen LogP contribution in [0.3, 0.4) is 0 Å². The summed E-state index contributed by atoms with van der Waals surface area (Å²) in [7, 11) is 0. The Morgan fingerprint density at radius 1 is 1.58 bits per heavy atom. The van der Waals surface area contributed by atoms with Crippen LogP contribution in [-0.4, -0.2) is 42.3 Å². The van der Waals surface area contributed by atoms with E-state index in [9.17, 15) is 14.9 Å². The minimum absolute atomic E-state index is 0.0652. The Labute approximate surface area is 107 Å². The molecule has 0 saturated carbocycles. The van der Waals surface area contributed by atoms with Crippen molar-refractivity contribution < 1.29 is 9.72 Å². The molecule has 100 valence electrons. The zero-order valence-electron chi connectivity index (χ0n) is 9.81. The molecule has 0 radical (unpaired) electrons. The molecular formula is C9H11N7O3. The Kier molecular flexibility index (Phi) is 3.81. The van der Waals surface area contributed by atoms with Gasteiger partial charge in [-0.05, 0) is 0 Å². The van der Waals surface area contributed by atoms with Crippen molar-refractivity contribution in [2.45, 2.75) is 13.0 Å².